The maximum absolute atomic E-state index is 6.07. The number of hydrogen-bond acceptors (Lipinski definition) is 4. The second-order valence-corrected chi connectivity index (χ2v) is 5.63. The van der Waals surface area contributed by atoms with Gasteiger partial charge in [-0.15, -0.1) is 0 Å². The van der Waals surface area contributed by atoms with E-state index in [2.05, 4.69) is 22.1 Å². The van der Waals surface area contributed by atoms with E-state index in [-0.39, 0.29) is 0 Å². The Hall–Kier alpha value is -2.49. The Kier molecular flexibility index (Phi) is 2.64. The molecule has 0 saturated heterocycles. The normalized spacial score (nSPS) is 14.5. The Morgan fingerprint density at radius 1 is 1.14 bits per heavy atom. The number of nitrogen functional groups attached to an aromatic ring is 1. The molecular weight excluding hydrogens is 260 g/mol. The summed E-state index contributed by atoms with van der Waals surface area (Å²) in [4.78, 5) is 13.7. The van der Waals surface area contributed by atoms with Crippen molar-refractivity contribution in [2.24, 2.45) is 0 Å². The van der Waals surface area contributed by atoms with Crippen LogP contribution in [-0.4, -0.2) is 15.0 Å². The minimum Gasteiger partial charge on any atom is -0.383 e. The number of hydrogen-bond donors (Lipinski definition) is 1. The summed E-state index contributed by atoms with van der Waals surface area (Å²) in [6.07, 6.45) is 4.20. The summed E-state index contributed by atoms with van der Waals surface area (Å²) >= 11 is 0. The van der Waals surface area contributed by atoms with Crippen LogP contribution >= 0.6 is 0 Å². The van der Waals surface area contributed by atoms with Crippen LogP contribution in [0, 0.1) is 6.92 Å². The van der Waals surface area contributed by atoms with Crippen LogP contribution < -0.4 is 5.73 Å². The molecule has 2 aromatic heterocycles. The third-order valence-corrected chi connectivity index (χ3v) is 4.01. The number of anilines is 1. The first-order chi connectivity index (χ1) is 10.2. The fourth-order valence-corrected chi connectivity index (χ4v) is 2.56. The molecule has 0 bridgehead atoms. The van der Waals surface area contributed by atoms with Crippen molar-refractivity contribution in [3.8, 4) is 11.3 Å². The molecule has 21 heavy (non-hydrogen) atoms. The van der Waals surface area contributed by atoms with Crippen LogP contribution in [0.5, 0.6) is 0 Å². The van der Waals surface area contributed by atoms with Gasteiger partial charge in [-0.05, 0) is 31.9 Å². The van der Waals surface area contributed by atoms with E-state index < -0.39 is 0 Å². The van der Waals surface area contributed by atoms with E-state index in [1.807, 2.05) is 31.3 Å². The van der Waals surface area contributed by atoms with Gasteiger partial charge >= 0.3 is 0 Å². The number of nitrogens with zero attached hydrogens (tertiary/aromatic N) is 3. The summed E-state index contributed by atoms with van der Waals surface area (Å²) in [5, 5.41) is 1.11. The summed E-state index contributed by atoms with van der Waals surface area (Å²) in [5.74, 6) is 1.94. The minimum atomic E-state index is 0.486. The van der Waals surface area contributed by atoms with Gasteiger partial charge < -0.3 is 5.73 Å². The zero-order valence-electron chi connectivity index (χ0n) is 11.9. The second-order valence-electron chi connectivity index (χ2n) is 5.63. The van der Waals surface area contributed by atoms with Gasteiger partial charge in [0, 0.05) is 28.6 Å². The Bertz CT molecular complexity index is 837. The lowest BCUT2D eigenvalue weighted by atomic mass is 10.1. The number of pyridine rings is 1. The first-order valence-corrected chi connectivity index (χ1v) is 7.21. The van der Waals surface area contributed by atoms with Crippen molar-refractivity contribution in [2.45, 2.75) is 25.7 Å². The smallest absolute Gasteiger partial charge is 0.134 e. The van der Waals surface area contributed by atoms with Gasteiger partial charge in [0.05, 0.1) is 11.2 Å². The molecule has 1 fully saturated rings. The Morgan fingerprint density at radius 2 is 1.95 bits per heavy atom. The molecule has 1 aliphatic rings. The van der Waals surface area contributed by atoms with Crippen molar-refractivity contribution in [2.75, 3.05) is 5.73 Å². The van der Waals surface area contributed by atoms with Gasteiger partial charge in [-0.25, -0.2) is 9.97 Å². The Labute approximate surface area is 123 Å². The molecule has 0 radical (unpaired) electrons. The van der Waals surface area contributed by atoms with Gasteiger partial charge in [-0.3, -0.25) is 4.98 Å². The van der Waals surface area contributed by atoms with Crippen LogP contribution in [0.4, 0.5) is 5.82 Å². The highest BCUT2D eigenvalue weighted by Gasteiger charge is 2.28. The van der Waals surface area contributed by atoms with E-state index in [9.17, 15) is 0 Å². The lowest BCUT2D eigenvalue weighted by molar-refractivity contribution is 0.927. The first kappa shape index (κ1) is 12.3. The van der Waals surface area contributed by atoms with E-state index in [4.69, 9.17) is 10.7 Å². The number of para-hydroxylation sites is 1. The Balaban J connectivity index is 1.90. The topological polar surface area (TPSA) is 64.7 Å². The molecule has 4 heteroatoms. The fraction of sp³-hybridized carbons (Fsp3) is 0.235. The molecule has 0 aliphatic heterocycles. The van der Waals surface area contributed by atoms with Gasteiger partial charge in [0.1, 0.15) is 11.6 Å². The number of rotatable bonds is 2. The summed E-state index contributed by atoms with van der Waals surface area (Å²) in [5.41, 5.74) is 9.89. The van der Waals surface area contributed by atoms with Crippen LogP contribution in [0.1, 0.15) is 30.1 Å². The molecular formula is C17H16N4. The Morgan fingerprint density at radius 3 is 2.76 bits per heavy atom. The lowest BCUT2D eigenvalue weighted by Crippen LogP contribution is -2.04. The van der Waals surface area contributed by atoms with E-state index >= 15 is 0 Å². The SMILES string of the molecule is Cc1c(N)nc(C2CC2)nc1-c1cnc2ccccc2c1. The molecule has 2 heterocycles. The van der Waals surface area contributed by atoms with Crippen molar-refractivity contribution in [1.29, 1.82) is 0 Å². The minimum absolute atomic E-state index is 0.486. The largest absolute Gasteiger partial charge is 0.383 e. The standard InChI is InChI=1S/C17H16N4/c1-10-15(20-17(11-6-7-11)21-16(10)18)13-8-12-4-2-3-5-14(12)19-9-13/h2-5,8-9,11H,6-7H2,1H3,(H2,18,20,21). The van der Waals surface area contributed by atoms with E-state index in [1.54, 1.807) is 0 Å². The summed E-state index contributed by atoms with van der Waals surface area (Å²) < 4.78 is 0. The van der Waals surface area contributed by atoms with Crippen molar-refractivity contribution in [3.63, 3.8) is 0 Å². The van der Waals surface area contributed by atoms with Crippen molar-refractivity contribution in [1.82, 2.24) is 15.0 Å². The molecule has 4 rings (SSSR count). The second kappa shape index (κ2) is 4.52. The highest BCUT2D eigenvalue weighted by molar-refractivity contribution is 5.83. The van der Waals surface area contributed by atoms with Crippen molar-refractivity contribution >= 4 is 16.7 Å². The zero-order valence-corrected chi connectivity index (χ0v) is 11.9. The monoisotopic (exact) mass is 276 g/mol. The predicted molar refractivity (Wildman–Crippen MR) is 83.9 cm³/mol. The van der Waals surface area contributed by atoms with Crippen LogP contribution in [0.15, 0.2) is 36.5 Å². The van der Waals surface area contributed by atoms with Crippen LogP contribution in [0.2, 0.25) is 0 Å². The summed E-state index contributed by atoms with van der Waals surface area (Å²) in [6.45, 7) is 1.97. The third-order valence-electron chi connectivity index (χ3n) is 4.01. The number of fused-ring (bicyclic) bond motifs is 1. The lowest BCUT2D eigenvalue weighted by Gasteiger charge is -2.10. The maximum atomic E-state index is 6.07. The van der Waals surface area contributed by atoms with Crippen LogP contribution in [-0.2, 0) is 0 Å². The van der Waals surface area contributed by atoms with Crippen LogP contribution in [0.3, 0.4) is 0 Å². The molecule has 3 aromatic rings. The first-order valence-electron chi connectivity index (χ1n) is 7.21. The highest BCUT2D eigenvalue weighted by atomic mass is 15.0. The predicted octanol–water partition coefficient (Wildman–Crippen LogP) is 3.46. The van der Waals surface area contributed by atoms with Crippen molar-refractivity contribution < 1.29 is 0 Å². The maximum Gasteiger partial charge on any atom is 0.134 e. The fourth-order valence-electron chi connectivity index (χ4n) is 2.56. The molecule has 1 aliphatic carbocycles. The summed E-state index contributed by atoms with van der Waals surface area (Å²) in [7, 11) is 0. The third kappa shape index (κ3) is 2.13. The summed E-state index contributed by atoms with van der Waals surface area (Å²) in [6, 6.07) is 10.2. The molecule has 1 aromatic carbocycles. The highest BCUT2D eigenvalue weighted by Crippen LogP contribution is 2.39. The van der Waals surface area contributed by atoms with Gasteiger partial charge in [0.2, 0.25) is 0 Å². The molecule has 104 valence electrons. The molecule has 0 atom stereocenters. The zero-order chi connectivity index (χ0) is 14.4. The van der Waals surface area contributed by atoms with Crippen molar-refractivity contribution in [3.05, 3.63) is 47.9 Å². The number of aromatic nitrogens is 3. The van der Waals surface area contributed by atoms with E-state index in [1.165, 1.54) is 0 Å². The molecule has 0 spiro atoms. The van der Waals surface area contributed by atoms with Gasteiger partial charge in [-0.2, -0.15) is 0 Å². The van der Waals surface area contributed by atoms with E-state index in [0.29, 0.717) is 11.7 Å². The van der Waals surface area contributed by atoms with E-state index in [0.717, 1.165) is 46.4 Å². The molecule has 0 unspecified atom stereocenters. The van der Waals surface area contributed by atoms with Gasteiger partial charge in [-0.1, -0.05) is 18.2 Å². The average molecular weight is 276 g/mol. The van der Waals surface area contributed by atoms with Crippen LogP contribution in [0.25, 0.3) is 22.2 Å². The number of benzene rings is 1. The van der Waals surface area contributed by atoms with Gasteiger partial charge in [0.25, 0.3) is 0 Å². The average Bonchev–Trinajstić information content (AvgIpc) is 3.34. The molecule has 1 saturated carbocycles. The molecule has 2 N–H and O–H groups in total. The molecule has 0 amide bonds. The van der Waals surface area contributed by atoms with Gasteiger partial charge in [0.15, 0.2) is 0 Å². The molecule has 4 nitrogen and oxygen atoms in total. The number of nitrogens with two attached hydrogens (primary N) is 1. The quantitative estimate of drug-likeness (QED) is 0.778.